The van der Waals surface area contributed by atoms with Gasteiger partial charge in [-0.2, -0.15) is 10.2 Å². The molecule has 0 unspecified atom stereocenters. The molecule has 1 amide bonds. The number of rotatable bonds is 6. The van der Waals surface area contributed by atoms with Gasteiger partial charge in [-0.1, -0.05) is 29.8 Å². The Morgan fingerprint density at radius 1 is 1.07 bits per heavy atom. The summed E-state index contributed by atoms with van der Waals surface area (Å²) in [6.45, 7) is 13.3. The zero-order chi connectivity index (χ0) is 21.3. The fourth-order valence-electron chi connectivity index (χ4n) is 4.21. The SMILES string of the molecule is Cc1ccc(CN2CCN(C(=O)CCn3ncc4c3c(C)nn4C(C)C)CC2)cc1. The predicted octanol–water partition coefficient (Wildman–Crippen LogP) is 3.17. The van der Waals surface area contributed by atoms with Crippen LogP contribution in [0.3, 0.4) is 0 Å². The quantitative estimate of drug-likeness (QED) is 0.629. The first-order valence-corrected chi connectivity index (χ1v) is 10.9. The Balaban J connectivity index is 1.30. The van der Waals surface area contributed by atoms with Gasteiger partial charge < -0.3 is 4.90 Å². The standard InChI is InChI=1S/C23H32N6O/c1-17(2)29-21-15-24-28(23(21)19(4)25-29)10-9-22(30)27-13-11-26(12-14-27)16-20-7-5-18(3)6-8-20/h5-8,15,17H,9-14,16H2,1-4H3. The molecule has 0 saturated carbocycles. The highest BCUT2D eigenvalue weighted by Crippen LogP contribution is 2.21. The lowest BCUT2D eigenvalue weighted by molar-refractivity contribution is -0.133. The molecule has 160 valence electrons. The summed E-state index contributed by atoms with van der Waals surface area (Å²) in [5.74, 6) is 0.211. The lowest BCUT2D eigenvalue weighted by Crippen LogP contribution is -2.48. The molecule has 0 spiro atoms. The van der Waals surface area contributed by atoms with Crippen molar-refractivity contribution in [2.24, 2.45) is 0 Å². The summed E-state index contributed by atoms with van der Waals surface area (Å²) in [5.41, 5.74) is 5.67. The molecule has 1 fully saturated rings. The Bertz CT molecular complexity index is 1010. The Labute approximate surface area is 178 Å². The van der Waals surface area contributed by atoms with Crippen LogP contribution in [0.5, 0.6) is 0 Å². The number of nitrogens with zero attached hydrogens (tertiary/aromatic N) is 6. The molecule has 4 rings (SSSR count). The van der Waals surface area contributed by atoms with E-state index in [1.54, 1.807) is 0 Å². The summed E-state index contributed by atoms with van der Waals surface area (Å²) < 4.78 is 3.94. The van der Waals surface area contributed by atoms with Crippen LogP contribution in [0.1, 0.15) is 43.1 Å². The first-order chi connectivity index (χ1) is 14.4. The summed E-state index contributed by atoms with van der Waals surface area (Å²) in [4.78, 5) is 17.2. The second kappa shape index (κ2) is 8.60. The number of carbonyl (C=O) groups is 1. The average molecular weight is 409 g/mol. The highest BCUT2D eigenvalue weighted by molar-refractivity contribution is 5.79. The Kier molecular flexibility index (Phi) is 5.90. The molecule has 3 aromatic rings. The van der Waals surface area contributed by atoms with E-state index < -0.39 is 0 Å². The van der Waals surface area contributed by atoms with Crippen molar-refractivity contribution in [1.82, 2.24) is 29.4 Å². The van der Waals surface area contributed by atoms with Crippen molar-refractivity contribution in [3.63, 3.8) is 0 Å². The van der Waals surface area contributed by atoms with Crippen LogP contribution in [0.25, 0.3) is 11.0 Å². The van der Waals surface area contributed by atoms with E-state index in [2.05, 4.69) is 60.1 Å². The van der Waals surface area contributed by atoms with Crippen LogP contribution in [-0.4, -0.2) is 61.4 Å². The first kappa shape index (κ1) is 20.6. The van der Waals surface area contributed by atoms with E-state index >= 15 is 0 Å². The summed E-state index contributed by atoms with van der Waals surface area (Å²) in [6, 6.07) is 9.00. The zero-order valence-corrected chi connectivity index (χ0v) is 18.5. The third-order valence-electron chi connectivity index (χ3n) is 5.95. The molecule has 0 N–H and O–H groups in total. The number of benzene rings is 1. The maximum absolute atomic E-state index is 12.8. The van der Waals surface area contributed by atoms with Crippen LogP contribution in [0.2, 0.25) is 0 Å². The van der Waals surface area contributed by atoms with Gasteiger partial charge in [-0.15, -0.1) is 0 Å². The molecule has 1 saturated heterocycles. The molecule has 0 aliphatic carbocycles. The number of carbonyl (C=O) groups excluding carboxylic acids is 1. The van der Waals surface area contributed by atoms with Gasteiger partial charge in [-0.3, -0.25) is 19.1 Å². The number of aromatic nitrogens is 4. The van der Waals surface area contributed by atoms with Crippen LogP contribution >= 0.6 is 0 Å². The molecule has 0 radical (unpaired) electrons. The topological polar surface area (TPSA) is 59.2 Å². The minimum absolute atomic E-state index is 0.211. The summed E-state index contributed by atoms with van der Waals surface area (Å²) >= 11 is 0. The van der Waals surface area contributed by atoms with Crippen LogP contribution in [0, 0.1) is 13.8 Å². The lowest BCUT2D eigenvalue weighted by atomic mass is 10.1. The Morgan fingerprint density at radius 3 is 2.43 bits per heavy atom. The van der Waals surface area contributed by atoms with Crippen LogP contribution in [0.4, 0.5) is 0 Å². The predicted molar refractivity (Wildman–Crippen MR) is 118 cm³/mol. The number of fused-ring (bicyclic) bond motifs is 1. The number of piperazine rings is 1. The Hall–Kier alpha value is -2.67. The second-order valence-corrected chi connectivity index (χ2v) is 8.62. The maximum Gasteiger partial charge on any atom is 0.224 e. The van der Waals surface area contributed by atoms with Crippen LogP contribution in [0.15, 0.2) is 30.5 Å². The number of hydrogen-bond donors (Lipinski definition) is 0. The van der Waals surface area contributed by atoms with Gasteiger partial charge in [-0.05, 0) is 33.3 Å². The normalized spacial score (nSPS) is 15.4. The molecular weight excluding hydrogens is 376 g/mol. The molecule has 0 bridgehead atoms. The lowest BCUT2D eigenvalue weighted by Gasteiger charge is -2.34. The van der Waals surface area contributed by atoms with Gasteiger partial charge in [0.25, 0.3) is 0 Å². The highest BCUT2D eigenvalue weighted by atomic mass is 16.2. The van der Waals surface area contributed by atoms with E-state index in [1.165, 1.54) is 11.1 Å². The van der Waals surface area contributed by atoms with E-state index in [0.717, 1.165) is 49.5 Å². The Morgan fingerprint density at radius 2 is 1.77 bits per heavy atom. The highest BCUT2D eigenvalue weighted by Gasteiger charge is 2.22. The van der Waals surface area contributed by atoms with Crippen molar-refractivity contribution in [1.29, 1.82) is 0 Å². The fourth-order valence-corrected chi connectivity index (χ4v) is 4.21. The number of hydrogen-bond acceptors (Lipinski definition) is 4. The first-order valence-electron chi connectivity index (χ1n) is 10.9. The van der Waals surface area contributed by atoms with Gasteiger partial charge in [0.1, 0.15) is 11.0 Å². The molecule has 7 nitrogen and oxygen atoms in total. The van der Waals surface area contributed by atoms with E-state index in [4.69, 9.17) is 0 Å². The maximum atomic E-state index is 12.8. The van der Waals surface area contributed by atoms with E-state index in [0.29, 0.717) is 13.0 Å². The summed E-state index contributed by atoms with van der Waals surface area (Å²) in [7, 11) is 0. The van der Waals surface area contributed by atoms with Gasteiger partial charge in [0, 0.05) is 45.2 Å². The van der Waals surface area contributed by atoms with Gasteiger partial charge in [0.15, 0.2) is 0 Å². The van der Waals surface area contributed by atoms with Crippen molar-refractivity contribution < 1.29 is 4.79 Å². The molecule has 1 aromatic carbocycles. The third-order valence-corrected chi connectivity index (χ3v) is 5.95. The van der Waals surface area contributed by atoms with Crippen molar-refractivity contribution in [3.8, 4) is 0 Å². The summed E-state index contributed by atoms with van der Waals surface area (Å²) in [6.07, 6.45) is 2.34. The molecule has 0 atom stereocenters. The van der Waals surface area contributed by atoms with Gasteiger partial charge in [0.2, 0.25) is 5.91 Å². The van der Waals surface area contributed by atoms with Crippen molar-refractivity contribution >= 4 is 16.9 Å². The fraction of sp³-hybridized carbons (Fsp3) is 0.522. The van der Waals surface area contributed by atoms with Crippen molar-refractivity contribution in [2.45, 2.75) is 53.2 Å². The smallest absolute Gasteiger partial charge is 0.224 e. The van der Waals surface area contributed by atoms with Gasteiger partial charge in [-0.25, -0.2) is 0 Å². The molecule has 1 aliphatic rings. The number of aryl methyl sites for hydroxylation is 3. The average Bonchev–Trinajstić information content (AvgIpc) is 3.30. The van der Waals surface area contributed by atoms with E-state index in [9.17, 15) is 4.79 Å². The van der Waals surface area contributed by atoms with Crippen molar-refractivity contribution in [2.75, 3.05) is 26.2 Å². The second-order valence-electron chi connectivity index (χ2n) is 8.62. The summed E-state index contributed by atoms with van der Waals surface area (Å²) in [5, 5.41) is 9.15. The molecule has 3 heterocycles. The minimum atomic E-state index is 0.211. The van der Waals surface area contributed by atoms with Crippen molar-refractivity contribution in [3.05, 3.63) is 47.3 Å². The molecule has 2 aromatic heterocycles. The molecule has 1 aliphatic heterocycles. The van der Waals surface area contributed by atoms with Gasteiger partial charge >= 0.3 is 0 Å². The minimum Gasteiger partial charge on any atom is -0.340 e. The largest absolute Gasteiger partial charge is 0.340 e. The zero-order valence-electron chi connectivity index (χ0n) is 18.5. The van der Waals surface area contributed by atoms with Crippen LogP contribution < -0.4 is 0 Å². The van der Waals surface area contributed by atoms with E-state index in [1.807, 2.05) is 27.4 Å². The third kappa shape index (κ3) is 4.26. The monoisotopic (exact) mass is 408 g/mol. The number of amides is 1. The van der Waals surface area contributed by atoms with Gasteiger partial charge in [0.05, 0.1) is 18.4 Å². The molecule has 30 heavy (non-hydrogen) atoms. The van der Waals surface area contributed by atoms with Crippen LogP contribution in [-0.2, 0) is 17.9 Å². The van der Waals surface area contributed by atoms with E-state index in [-0.39, 0.29) is 11.9 Å². The molecule has 7 heteroatoms. The molecular formula is C23H32N6O.